The quantitative estimate of drug-likeness (QED) is 0.260. The molecule has 3 aromatic heterocycles. The summed E-state index contributed by atoms with van der Waals surface area (Å²) in [4.78, 5) is 35.7. The minimum atomic E-state index is -0.852. The van der Waals surface area contributed by atoms with Crippen LogP contribution in [0.3, 0.4) is 0 Å². The Kier molecular flexibility index (Phi) is 6.31. The Morgan fingerprint density at radius 3 is 2.37 bits per heavy atom. The number of imidazole rings is 1. The van der Waals surface area contributed by atoms with Crippen LogP contribution in [-0.2, 0) is 4.79 Å². The molecule has 2 fully saturated rings. The summed E-state index contributed by atoms with van der Waals surface area (Å²) in [6.07, 6.45) is 8.25. The molecule has 0 unspecified atom stereocenters. The Bertz CT molecular complexity index is 1230. The molecule has 3 heterocycles. The summed E-state index contributed by atoms with van der Waals surface area (Å²) >= 11 is 0. The van der Waals surface area contributed by atoms with Gasteiger partial charge in [-0.05, 0) is 38.5 Å². The fourth-order valence-corrected chi connectivity index (χ4v) is 4.23. The van der Waals surface area contributed by atoms with E-state index in [1.165, 1.54) is 16.8 Å². The van der Waals surface area contributed by atoms with E-state index in [9.17, 15) is 14.7 Å². The van der Waals surface area contributed by atoms with Crippen LogP contribution in [0, 0.1) is 0 Å². The minimum Gasteiger partial charge on any atom is -0.493 e. The van der Waals surface area contributed by atoms with Crippen molar-refractivity contribution in [1.29, 1.82) is 0 Å². The van der Waals surface area contributed by atoms with Crippen LogP contribution < -0.4 is 21.3 Å². The monoisotopic (exact) mass is 481 g/mol. The molecule has 6 N–H and O–H groups in total. The summed E-state index contributed by atoms with van der Waals surface area (Å²) in [7, 11) is 0. The van der Waals surface area contributed by atoms with Crippen LogP contribution in [0.5, 0.6) is 5.88 Å². The van der Waals surface area contributed by atoms with E-state index in [0.717, 1.165) is 50.5 Å². The van der Waals surface area contributed by atoms with Gasteiger partial charge in [-0.3, -0.25) is 9.59 Å². The number of nitrogens with one attached hydrogen (secondary N) is 4. The standard InChI is InChI=1S/C22H27N9O4/c32-19-8-17(25-11-26-19)29-22(35)16-9-24-21-15(27-13-5-6-13)7-18(30-31(16)21)28-14-3-1-12(2-4-14)23-10-20(33)34/h7-9,11-14,23,27H,1-6,10H2,(H,28,30)(H,33,34)(H2,25,26,29,32,35)/t12-,14-. The first-order valence-electron chi connectivity index (χ1n) is 11.6. The van der Waals surface area contributed by atoms with Crippen LogP contribution in [0.2, 0.25) is 0 Å². The van der Waals surface area contributed by atoms with Crippen LogP contribution in [0.15, 0.2) is 24.7 Å². The van der Waals surface area contributed by atoms with Gasteiger partial charge in [0.15, 0.2) is 11.3 Å². The molecule has 5 rings (SSSR count). The molecule has 0 radical (unpaired) electrons. The van der Waals surface area contributed by atoms with Crippen molar-refractivity contribution in [3.8, 4) is 5.88 Å². The molecule has 13 nitrogen and oxygen atoms in total. The molecule has 0 aliphatic heterocycles. The molecule has 0 aromatic carbocycles. The number of aromatic nitrogens is 5. The molecule has 2 aliphatic carbocycles. The summed E-state index contributed by atoms with van der Waals surface area (Å²) in [5, 5.41) is 35.7. The first-order chi connectivity index (χ1) is 16.9. The van der Waals surface area contributed by atoms with Crippen molar-refractivity contribution in [2.45, 2.75) is 56.7 Å². The van der Waals surface area contributed by atoms with Gasteiger partial charge in [0.25, 0.3) is 5.91 Å². The minimum absolute atomic E-state index is 0.0305. The third kappa shape index (κ3) is 5.57. The third-order valence-corrected chi connectivity index (χ3v) is 6.15. The number of carbonyl (C=O) groups excluding carboxylic acids is 1. The van der Waals surface area contributed by atoms with Crippen molar-refractivity contribution >= 4 is 34.8 Å². The second kappa shape index (κ2) is 9.70. The van der Waals surface area contributed by atoms with E-state index in [0.29, 0.717) is 17.5 Å². The van der Waals surface area contributed by atoms with Crippen molar-refractivity contribution in [1.82, 2.24) is 29.9 Å². The van der Waals surface area contributed by atoms with Crippen molar-refractivity contribution in [2.75, 3.05) is 22.5 Å². The maximum absolute atomic E-state index is 12.9. The molecular weight excluding hydrogens is 454 g/mol. The number of carboxylic acid groups (broad SMARTS) is 1. The highest BCUT2D eigenvalue weighted by Crippen LogP contribution is 2.30. The van der Waals surface area contributed by atoms with E-state index in [1.54, 1.807) is 0 Å². The average molecular weight is 482 g/mol. The van der Waals surface area contributed by atoms with Crippen molar-refractivity contribution < 1.29 is 19.8 Å². The number of hydrogen-bond acceptors (Lipinski definition) is 10. The Balaban J connectivity index is 1.34. The summed E-state index contributed by atoms with van der Waals surface area (Å²) in [6.45, 7) is -0.0305. The lowest BCUT2D eigenvalue weighted by molar-refractivity contribution is -0.136. The Labute approximate surface area is 200 Å². The highest BCUT2D eigenvalue weighted by molar-refractivity contribution is 6.03. The van der Waals surface area contributed by atoms with Gasteiger partial charge in [-0.25, -0.2) is 19.5 Å². The van der Waals surface area contributed by atoms with Gasteiger partial charge >= 0.3 is 5.97 Å². The number of carbonyl (C=O) groups is 2. The second-order valence-electron chi connectivity index (χ2n) is 8.92. The molecule has 13 heteroatoms. The molecule has 0 atom stereocenters. The molecule has 0 saturated heterocycles. The molecule has 35 heavy (non-hydrogen) atoms. The van der Waals surface area contributed by atoms with Crippen LogP contribution in [0.4, 0.5) is 17.3 Å². The number of aliphatic carboxylic acids is 1. The van der Waals surface area contributed by atoms with Gasteiger partial charge in [0.1, 0.15) is 18.0 Å². The maximum atomic E-state index is 12.9. The van der Waals surface area contributed by atoms with Gasteiger partial charge in [-0.2, -0.15) is 0 Å². The summed E-state index contributed by atoms with van der Waals surface area (Å²) in [5.74, 6) is -0.787. The second-order valence-corrected chi connectivity index (χ2v) is 8.92. The zero-order chi connectivity index (χ0) is 24.4. The first-order valence-corrected chi connectivity index (χ1v) is 11.6. The highest BCUT2D eigenvalue weighted by Gasteiger charge is 2.26. The summed E-state index contributed by atoms with van der Waals surface area (Å²) in [6, 6.07) is 3.92. The molecule has 1 amide bonds. The highest BCUT2D eigenvalue weighted by atomic mass is 16.4. The fourth-order valence-electron chi connectivity index (χ4n) is 4.23. The SMILES string of the molecule is O=C(O)CN[C@H]1CC[C@H](Nc2cc(NC3CC3)c3ncc(C(=O)Nc4cc(O)ncn4)n3n2)CC1. The Morgan fingerprint density at radius 2 is 1.66 bits per heavy atom. The molecule has 2 saturated carbocycles. The van der Waals surface area contributed by atoms with Gasteiger partial charge < -0.3 is 31.5 Å². The van der Waals surface area contributed by atoms with Crippen LogP contribution in [0.1, 0.15) is 49.0 Å². The fraction of sp³-hybridized carbons (Fsp3) is 0.455. The number of carboxylic acids is 1. The van der Waals surface area contributed by atoms with E-state index in [1.807, 2.05) is 6.07 Å². The lowest BCUT2D eigenvalue weighted by atomic mass is 9.91. The number of nitrogens with zero attached hydrogens (tertiary/aromatic N) is 5. The smallest absolute Gasteiger partial charge is 0.317 e. The maximum Gasteiger partial charge on any atom is 0.317 e. The predicted octanol–water partition coefficient (Wildman–Crippen LogP) is 1.45. The predicted molar refractivity (Wildman–Crippen MR) is 127 cm³/mol. The molecule has 0 spiro atoms. The zero-order valence-corrected chi connectivity index (χ0v) is 18.9. The van der Waals surface area contributed by atoms with E-state index in [2.05, 4.69) is 41.3 Å². The van der Waals surface area contributed by atoms with Gasteiger partial charge in [0, 0.05) is 30.3 Å². The van der Waals surface area contributed by atoms with Gasteiger partial charge in [-0.1, -0.05) is 0 Å². The number of aromatic hydroxyl groups is 1. The summed E-state index contributed by atoms with van der Waals surface area (Å²) in [5.41, 5.74) is 1.56. The lowest BCUT2D eigenvalue weighted by Crippen LogP contribution is -2.39. The largest absolute Gasteiger partial charge is 0.493 e. The van der Waals surface area contributed by atoms with E-state index in [4.69, 9.17) is 5.11 Å². The van der Waals surface area contributed by atoms with Crippen molar-refractivity contribution in [2.24, 2.45) is 0 Å². The molecule has 184 valence electrons. The molecule has 0 bridgehead atoms. The number of amides is 1. The summed E-state index contributed by atoms with van der Waals surface area (Å²) < 4.78 is 1.50. The van der Waals surface area contributed by atoms with Gasteiger partial charge in [0.05, 0.1) is 18.4 Å². The van der Waals surface area contributed by atoms with Gasteiger partial charge in [-0.15, -0.1) is 5.10 Å². The van der Waals surface area contributed by atoms with Crippen LogP contribution in [-0.4, -0.2) is 71.3 Å². The normalized spacial score (nSPS) is 19.9. The Morgan fingerprint density at radius 1 is 0.943 bits per heavy atom. The first kappa shape index (κ1) is 22.8. The number of rotatable bonds is 9. The van der Waals surface area contributed by atoms with Crippen molar-refractivity contribution in [3.63, 3.8) is 0 Å². The van der Waals surface area contributed by atoms with Crippen molar-refractivity contribution in [3.05, 3.63) is 30.4 Å². The van der Waals surface area contributed by atoms with E-state index < -0.39 is 11.9 Å². The number of hydrogen-bond donors (Lipinski definition) is 6. The Hall–Kier alpha value is -4.00. The average Bonchev–Trinajstić information content (AvgIpc) is 3.54. The van der Waals surface area contributed by atoms with Crippen LogP contribution in [0.25, 0.3) is 5.65 Å². The third-order valence-electron chi connectivity index (χ3n) is 6.15. The van der Waals surface area contributed by atoms with E-state index in [-0.39, 0.29) is 36.0 Å². The van der Waals surface area contributed by atoms with E-state index >= 15 is 0 Å². The lowest BCUT2D eigenvalue weighted by Gasteiger charge is -2.29. The van der Waals surface area contributed by atoms with Gasteiger partial charge in [0.2, 0.25) is 5.88 Å². The zero-order valence-electron chi connectivity index (χ0n) is 18.9. The van der Waals surface area contributed by atoms with Crippen LogP contribution >= 0.6 is 0 Å². The topological polar surface area (TPSA) is 179 Å². The molecule has 2 aliphatic rings. The number of fused-ring (bicyclic) bond motifs is 1. The number of anilines is 3. The molecule has 3 aromatic rings. The molecular formula is C22H27N9O4.